The van der Waals surface area contributed by atoms with Crippen LogP contribution in [0.25, 0.3) is 55.6 Å². The minimum atomic E-state index is -0.000106. The molecule has 260 valence electrons. The zero-order valence-electron chi connectivity index (χ0n) is 31.9. The van der Waals surface area contributed by atoms with Crippen molar-refractivity contribution >= 4 is 39.6 Å². The Morgan fingerprint density at radius 2 is 1.49 bits per heavy atom. The Hall–Kier alpha value is -4.89. The van der Waals surface area contributed by atoms with Crippen molar-refractivity contribution in [1.29, 1.82) is 0 Å². The summed E-state index contributed by atoms with van der Waals surface area (Å²) in [6.45, 7) is 14.8. The average Bonchev–Trinajstić information content (AvgIpc) is 3.54. The predicted molar refractivity (Wildman–Crippen MR) is 221 cm³/mol. The van der Waals surface area contributed by atoms with Crippen LogP contribution in [0.15, 0.2) is 114 Å². The second-order valence-corrected chi connectivity index (χ2v) is 18.3. The van der Waals surface area contributed by atoms with Crippen LogP contribution in [0.4, 0.5) is 0 Å². The second-order valence-electron chi connectivity index (χ2n) is 18.3. The third-order valence-corrected chi connectivity index (χ3v) is 14.5. The molecule has 1 saturated carbocycles. The summed E-state index contributed by atoms with van der Waals surface area (Å²) in [4.78, 5) is 0. The van der Waals surface area contributed by atoms with E-state index in [1.807, 2.05) is 0 Å². The van der Waals surface area contributed by atoms with Crippen LogP contribution in [0.1, 0.15) is 100 Å². The molecule has 1 fully saturated rings. The zero-order chi connectivity index (χ0) is 36.0. The third-order valence-electron chi connectivity index (χ3n) is 14.5. The Morgan fingerprint density at radius 3 is 2.34 bits per heavy atom. The molecule has 2 aliphatic carbocycles. The van der Waals surface area contributed by atoms with Gasteiger partial charge in [0.1, 0.15) is 0 Å². The average molecular weight is 689 g/mol. The van der Waals surface area contributed by atoms with Gasteiger partial charge in [-0.05, 0) is 122 Å². The summed E-state index contributed by atoms with van der Waals surface area (Å²) in [7, 11) is 0. The van der Waals surface area contributed by atoms with E-state index in [1.54, 1.807) is 11.1 Å². The number of aryl methyl sites for hydroxylation is 1. The summed E-state index contributed by atoms with van der Waals surface area (Å²) in [6.07, 6.45) is 6.38. The lowest BCUT2D eigenvalue weighted by atomic mass is 9.37. The summed E-state index contributed by atoms with van der Waals surface area (Å²) in [5.74, 6) is 1.29. The molecule has 0 N–H and O–H groups in total. The topological polar surface area (TPSA) is 17.0 Å². The SMILES string of the molecule is Cc1ccccc1-c1cc2c3c(c1)C1CC4(C)CCCCC4(C)c4cc(C(C)(C)C)cc(c41)B3[n+]1c(-c3cccc4ccccc34)oc3cccc-2c31. The molecule has 2 aliphatic heterocycles. The van der Waals surface area contributed by atoms with Gasteiger partial charge in [-0.15, -0.1) is 0 Å². The molecule has 11 rings (SSSR count). The van der Waals surface area contributed by atoms with Gasteiger partial charge in [-0.25, -0.2) is 4.48 Å². The molecule has 0 spiro atoms. The number of benzene rings is 6. The summed E-state index contributed by atoms with van der Waals surface area (Å²) in [5, 5.41) is 2.46. The van der Waals surface area contributed by atoms with E-state index in [0.717, 1.165) is 17.0 Å². The number of fused-ring (bicyclic) bond motifs is 7. The summed E-state index contributed by atoms with van der Waals surface area (Å²) >= 11 is 0. The van der Waals surface area contributed by atoms with Gasteiger partial charge < -0.3 is 4.42 Å². The summed E-state index contributed by atoms with van der Waals surface area (Å²) in [6, 6.07) is 41.6. The number of hydrogen-bond acceptors (Lipinski definition) is 1. The van der Waals surface area contributed by atoms with E-state index in [-0.39, 0.29) is 23.1 Å². The zero-order valence-corrected chi connectivity index (χ0v) is 31.9. The largest absolute Gasteiger partial charge is 0.563 e. The van der Waals surface area contributed by atoms with E-state index in [4.69, 9.17) is 4.42 Å². The first-order chi connectivity index (χ1) is 25.6. The number of hydrogen-bond donors (Lipinski definition) is 0. The minimum absolute atomic E-state index is 0.000106. The normalized spacial score (nSPS) is 22.5. The molecule has 6 aromatic carbocycles. The molecular formula is C50H47BNO+. The number of oxazole rings is 1. The van der Waals surface area contributed by atoms with Crippen molar-refractivity contribution in [2.24, 2.45) is 5.41 Å². The van der Waals surface area contributed by atoms with Crippen LogP contribution in [0.3, 0.4) is 0 Å². The molecule has 0 saturated heterocycles. The smallest absolute Gasteiger partial charge is 0.399 e. The predicted octanol–water partition coefficient (Wildman–Crippen LogP) is 11.1. The number of nitrogens with zero attached hydrogens (tertiary/aromatic N) is 1. The van der Waals surface area contributed by atoms with Crippen molar-refractivity contribution in [3.05, 3.63) is 137 Å². The van der Waals surface area contributed by atoms with Crippen molar-refractivity contribution in [2.45, 2.75) is 90.4 Å². The fourth-order valence-corrected chi connectivity index (χ4v) is 11.5. The lowest BCUT2D eigenvalue weighted by Gasteiger charge is -2.58. The van der Waals surface area contributed by atoms with Crippen molar-refractivity contribution in [1.82, 2.24) is 0 Å². The van der Waals surface area contributed by atoms with Crippen LogP contribution >= 0.6 is 0 Å². The second kappa shape index (κ2) is 10.6. The van der Waals surface area contributed by atoms with Crippen molar-refractivity contribution < 1.29 is 8.90 Å². The van der Waals surface area contributed by atoms with E-state index in [1.165, 1.54) is 98.3 Å². The highest BCUT2D eigenvalue weighted by molar-refractivity contribution is 6.82. The van der Waals surface area contributed by atoms with Crippen LogP contribution in [0.5, 0.6) is 0 Å². The van der Waals surface area contributed by atoms with Gasteiger partial charge in [-0.1, -0.05) is 132 Å². The molecule has 0 radical (unpaired) electrons. The summed E-state index contributed by atoms with van der Waals surface area (Å²) < 4.78 is 9.79. The maximum Gasteiger partial charge on any atom is 0.563 e. The molecule has 3 heteroatoms. The first-order valence-corrected chi connectivity index (χ1v) is 19.9. The number of rotatable bonds is 2. The molecule has 3 unspecified atom stereocenters. The maximum absolute atomic E-state index is 7.16. The standard InChI is InChI=1S/C50H47BNO/c1-30-15-7-9-18-34(30)32-25-38-36-20-14-22-43-46(36)52(47(53-43)37-21-13-17-31-16-8-10-19-35(31)37)51-42-28-33(48(2,3)4)27-41-44(42)40(39(26-32)45(38)51)29-49(5)23-11-12-24-50(41,49)6/h7-10,13-22,25-28,40H,11-12,23-24,29H2,1-6H3/q+1. The first-order valence-electron chi connectivity index (χ1n) is 19.9. The molecule has 4 aliphatic rings. The maximum atomic E-state index is 7.16. The van der Waals surface area contributed by atoms with Crippen LogP contribution in [0.2, 0.25) is 0 Å². The van der Waals surface area contributed by atoms with E-state index in [9.17, 15) is 0 Å². The molecule has 7 aromatic rings. The fraction of sp³-hybridized carbons (Fsp3) is 0.300. The van der Waals surface area contributed by atoms with Gasteiger partial charge in [-0.2, -0.15) is 0 Å². The van der Waals surface area contributed by atoms with E-state index in [0.29, 0.717) is 5.92 Å². The van der Waals surface area contributed by atoms with E-state index < -0.39 is 0 Å². The lowest BCUT2D eigenvalue weighted by molar-refractivity contribution is -0.495. The molecule has 3 heterocycles. The quantitative estimate of drug-likeness (QED) is 0.165. The lowest BCUT2D eigenvalue weighted by Crippen LogP contribution is -2.72. The van der Waals surface area contributed by atoms with Gasteiger partial charge in [0.15, 0.2) is 0 Å². The molecule has 0 amide bonds. The van der Waals surface area contributed by atoms with Gasteiger partial charge in [0.05, 0.1) is 11.1 Å². The monoisotopic (exact) mass is 688 g/mol. The van der Waals surface area contributed by atoms with Gasteiger partial charge in [0.2, 0.25) is 11.1 Å². The Kier molecular flexibility index (Phi) is 6.34. The van der Waals surface area contributed by atoms with Gasteiger partial charge in [0, 0.05) is 16.8 Å². The van der Waals surface area contributed by atoms with E-state index >= 15 is 0 Å². The van der Waals surface area contributed by atoms with Crippen molar-refractivity contribution in [3.63, 3.8) is 0 Å². The molecule has 2 nitrogen and oxygen atoms in total. The van der Waals surface area contributed by atoms with Crippen LogP contribution in [-0.4, -0.2) is 6.85 Å². The Morgan fingerprint density at radius 1 is 0.755 bits per heavy atom. The molecular weight excluding hydrogens is 641 g/mol. The van der Waals surface area contributed by atoms with E-state index in [2.05, 4.69) is 155 Å². The number of para-hydroxylation sites is 1. The van der Waals surface area contributed by atoms with Gasteiger partial charge >= 0.3 is 12.7 Å². The van der Waals surface area contributed by atoms with Crippen molar-refractivity contribution in [2.75, 3.05) is 0 Å². The van der Waals surface area contributed by atoms with Crippen LogP contribution in [-0.2, 0) is 10.8 Å². The van der Waals surface area contributed by atoms with Gasteiger partial charge in [-0.3, -0.25) is 0 Å². The highest BCUT2D eigenvalue weighted by Gasteiger charge is 2.60. The Balaban J connectivity index is 1.32. The highest BCUT2D eigenvalue weighted by atomic mass is 16.4. The van der Waals surface area contributed by atoms with Crippen LogP contribution < -0.4 is 15.4 Å². The van der Waals surface area contributed by atoms with Gasteiger partial charge in [0.25, 0.3) is 0 Å². The van der Waals surface area contributed by atoms with Crippen LogP contribution in [0, 0.1) is 12.3 Å². The fourth-order valence-electron chi connectivity index (χ4n) is 11.5. The third kappa shape index (κ3) is 4.14. The Labute approximate surface area is 314 Å². The molecule has 53 heavy (non-hydrogen) atoms. The molecule has 1 aromatic heterocycles. The Bertz CT molecular complexity index is 2700. The minimum Gasteiger partial charge on any atom is -0.399 e. The number of aromatic nitrogens is 1. The van der Waals surface area contributed by atoms with Crippen molar-refractivity contribution in [3.8, 4) is 33.7 Å². The first kappa shape index (κ1) is 31.6. The summed E-state index contributed by atoms with van der Waals surface area (Å²) in [5.41, 5.74) is 19.5. The molecule has 3 atom stereocenters. The molecule has 0 bridgehead atoms. The highest BCUT2D eigenvalue weighted by Crippen LogP contribution is 2.62.